The fraction of sp³-hybridized carbons (Fsp3) is 0.571. The molecule has 1 aliphatic heterocycles. The van der Waals surface area contributed by atoms with Crippen LogP contribution < -0.4 is 10.6 Å². The fourth-order valence-corrected chi connectivity index (χ4v) is 3.90. The van der Waals surface area contributed by atoms with Crippen LogP contribution in [-0.4, -0.2) is 31.1 Å². The van der Waals surface area contributed by atoms with E-state index in [1.165, 1.54) is 4.88 Å². The first-order valence-corrected chi connectivity index (χ1v) is 10.5. The third-order valence-corrected chi connectivity index (χ3v) is 5.21. The summed E-state index contributed by atoms with van der Waals surface area (Å²) < 4.78 is 0. The molecule has 0 atom stereocenters. The number of carbonyl (C=O) groups is 2. The van der Waals surface area contributed by atoms with Gasteiger partial charge in [0.25, 0.3) is 0 Å². The molecule has 0 spiro atoms. The van der Waals surface area contributed by atoms with Gasteiger partial charge in [-0.25, -0.2) is 0 Å². The standard InChI is InChI=1S/C21H31N3O2S/c1-5-9-24-20(26)15-8-11-22-17-13-16(27-18(17)12-15)7-6-10-23-19(25)14-21(2,3)4/h11-13H,5-10,14H2,1-4H3,(H,23,25)(H,24,26). The number of nitrogens with zero attached hydrogens (tertiary/aromatic N) is 1. The molecular weight excluding hydrogens is 358 g/mol. The first-order valence-electron chi connectivity index (χ1n) is 9.69. The Morgan fingerprint density at radius 3 is 2.70 bits per heavy atom. The molecule has 5 nitrogen and oxygen atoms in total. The van der Waals surface area contributed by atoms with Gasteiger partial charge in [0.05, 0.1) is 10.6 Å². The lowest BCUT2D eigenvalue weighted by Gasteiger charge is -2.17. The highest BCUT2D eigenvalue weighted by Gasteiger charge is 2.16. The van der Waals surface area contributed by atoms with Crippen molar-refractivity contribution in [2.75, 3.05) is 13.1 Å². The summed E-state index contributed by atoms with van der Waals surface area (Å²) in [5, 5.41) is 5.93. The molecule has 0 aliphatic carbocycles. The number of carbonyl (C=O) groups excluding carboxylic acids is 2. The molecule has 0 bridgehead atoms. The number of thiophene rings is 1. The van der Waals surface area contributed by atoms with Crippen molar-refractivity contribution in [2.24, 2.45) is 10.4 Å². The molecule has 6 heteroatoms. The number of rotatable bonds is 8. The molecule has 0 aromatic carbocycles. The summed E-state index contributed by atoms with van der Waals surface area (Å²) in [7, 11) is 0. The summed E-state index contributed by atoms with van der Waals surface area (Å²) in [5.74, 6) is 0.104. The second kappa shape index (κ2) is 9.83. The Bertz CT molecular complexity index is 726. The molecule has 2 N–H and O–H groups in total. The highest BCUT2D eigenvalue weighted by molar-refractivity contribution is 7.13. The molecule has 1 aromatic rings. The van der Waals surface area contributed by atoms with Gasteiger partial charge in [0.1, 0.15) is 0 Å². The Morgan fingerprint density at radius 1 is 1.22 bits per heavy atom. The summed E-state index contributed by atoms with van der Waals surface area (Å²) in [6.07, 6.45) is 7.60. The van der Waals surface area contributed by atoms with Gasteiger partial charge in [-0.1, -0.05) is 27.7 Å². The van der Waals surface area contributed by atoms with Gasteiger partial charge in [0.2, 0.25) is 11.8 Å². The molecule has 2 heterocycles. The Balaban J connectivity index is 1.89. The third-order valence-electron chi connectivity index (χ3n) is 4.08. The maximum Gasteiger partial charge on any atom is 0.247 e. The number of fused-ring (bicyclic) bond motifs is 1. The van der Waals surface area contributed by atoms with E-state index in [0.29, 0.717) is 25.9 Å². The molecular formula is C21H31N3O2S. The van der Waals surface area contributed by atoms with Crippen molar-refractivity contribution in [3.63, 3.8) is 0 Å². The van der Waals surface area contributed by atoms with Crippen molar-refractivity contribution in [3.05, 3.63) is 21.4 Å². The van der Waals surface area contributed by atoms with Crippen LogP contribution in [0, 0.1) is 5.41 Å². The molecule has 0 saturated heterocycles. The van der Waals surface area contributed by atoms with Crippen LogP contribution in [0.5, 0.6) is 0 Å². The predicted octanol–water partition coefficient (Wildman–Crippen LogP) is 4.25. The summed E-state index contributed by atoms with van der Waals surface area (Å²) in [6.45, 7) is 9.61. The van der Waals surface area contributed by atoms with E-state index in [2.05, 4.69) is 42.5 Å². The molecule has 148 valence electrons. The topological polar surface area (TPSA) is 70.6 Å². The van der Waals surface area contributed by atoms with Crippen molar-refractivity contribution in [3.8, 4) is 0 Å². The lowest BCUT2D eigenvalue weighted by Crippen LogP contribution is -2.28. The average molecular weight is 390 g/mol. The van der Waals surface area contributed by atoms with Crippen LogP contribution in [0.2, 0.25) is 0 Å². The second-order valence-corrected chi connectivity index (χ2v) is 9.26. The highest BCUT2D eigenvalue weighted by Crippen LogP contribution is 2.34. The average Bonchev–Trinajstić information content (AvgIpc) is 2.85. The van der Waals surface area contributed by atoms with E-state index in [4.69, 9.17) is 0 Å². The summed E-state index contributed by atoms with van der Waals surface area (Å²) in [6, 6.07) is 2.09. The Kier molecular flexibility index (Phi) is 7.78. The monoisotopic (exact) mass is 389 g/mol. The van der Waals surface area contributed by atoms with E-state index in [-0.39, 0.29) is 17.2 Å². The Hall–Kier alpha value is -1.95. The minimum atomic E-state index is -0.00680. The first kappa shape index (κ1) is 21.4. The van der Waals surface area contributed by atoms with E-state index >= 15 is 0 Å². The van der Waals surface area contributed by atoms with Crippen molar-refractivity contribution in [2.45, 2.75) is 59.8 Å². The van der Waals surface area contributed by atoms with Gasteiger partial charge in [-0.3, -0.25) is 14.6 Å². The number of aryl methyl sites for hydroxylation is 1. The molecule has 0 saturated carbocycles. The molecule has 1 aliphatic rings. The smallest absolute Gasteiger partial charge is 0.247 e. The number of amides is 2. The Morgan fingerprint density at radius 2 is 2.00 bits per heavy atom. The van der Waals surface area contributed by atoms with Crippen LogP contribution in [-0.2, 0) is 16.0 Å². The van der Waals surface area contributed by atoms with Crippen LogP contribution in [0.25, 0.3) is 6.08 Å². The van der Waals surface area contributed by atoms with Gasteiger partial charge in [-0.15, -0.1) is 11.3 Å². The fourth-order valence-electron chi connectivity index (χ4n) is 2.78. The molecule has 0 radical (unpaired) electrons. The van der Waals surface area contributed by atoms with Gasteiger partial charge < -0.3 is 10.6 Å². The maximum atomic E-state index is 12.2. The predicted molar refractivity (Wildman–Crippen MR) is 114 cm³/mol. The highest BCUT2D eigenvalue weighted by atomic mass is 32.1. The van der Waals surface area contributed by atoms with Crippen LogP contribution in [0.1, 0.15) is 63.1 Å². The SMILES string of the molecule is CCCNC(=O)C1=Cc2sc(CCCNC(=O)CC(C)(C)C)cc2N=CC1. The minimum Gasteiger partial charge on any atom is -0.356 e. The quantitative estimate of drug-likeness (QED) is 0.653. The van der Waals surface area contributed by atoms with Crippen LogP contribution >= 0.6 is 11.3 Å². The zero-order valence-electron chi connectivity index (χ0n) is 16.9. The van der Waals surface area contributed by atoms with Crippen LogP contribution in [0.3, 0.4) is 0 Å². The van der Waals surface area contributed by atoms with Crippen LogP contribution in [0.4, 0.5) is 5.69 Å². The van der Waals surface area contributed by atoms with Gasteiger partial charge in [0.15, 0.2) is 0 Å². The number of nitrogens with one attached hydrogen (secondary N) is 2. The van der Waals surface area contributed by atoms with Gasteiger partial charge in [0, 0.05) is 42.6 Å². The second-order valence-electron chi connectivity index (χ2n) is 8.09. The number of hydrogen-bond acceptors (Lipinski definition) is 4. The molecule has 2 rings (SSSR count). The normalized spacial score (nSPS) is 13.6. The van der Waals surface area contributed by atoms with Crippen molar-refractivity contribution in [1.82, 2.24) is 10.6 Å². The van der Waals surface area contributed by atoms with E-state index in [1.54, 1.807) is 11.3 Å². The van der Waals surface area contributed by atoms with Gasteiger partial charge in [-0.2, -0.15) is 0 Å². The molecule has 1 aromatic heterocycles. The summed E-state index contributed by atoms with van der Waals surface area (Å²) >= 11 is 1.68. The number of aliphatic imine (C=N–C) groups is 1. The van der Waals surface area contributed by atoms with Crippen molar-refractivity contribution >= 4 is 41.1 Å². The summed E-state index contributed by atoms with van der Waals surface area (Å²) in [4.78, 5) is 30.9. The number of hydrogen-bond donors (Lipinski definition) is 2. The maximum absolute atomic E-state index is 12.2. The molecule has 27 heavy (non-hydrogen) atoms. The molecule has 2 amide bonds. The van der Waals surface area contributed by atoms with Crippen molar-refractivity contribution in [1.29, 1.82) is 0 Å². The van der Waals surface area contributed by atoms with Crippen LogP contribution in [0.15, 0.2) is 16.6 Å². The van der Waals surface area contributed by atoms with Gasteiger partial charge in [-0.05, 0) is 36.8 Å². The molecule has 0 unspecified atom stereocenters. The summed E-state index contributed by atoms with van der Waals surface area (Å²) in [5.41, 5.74) is 1.71. The van der Waals surface area contributed by atoms with Gasteiger partial charge >= 0.3 is 0 Å². The lowest BCUT2D eigenvalue weighted by atomic mass is 9.92. The van der Waals surface area contributed by atoms with E-state index < -0.39 is 0 Å². The Labute approximate surface area is 166 Å². The van der Waals surface area contributed by atoms with E-state index in [0.717, 1.165) is 35.4 Å². The lowest BCUT2D eigenvalue weighted by molar-refractivity contribution is -0.122. The zero-order valence-corrected chi connectivity index (χ0v) is 17.7. The third kappa shape index (κ3) is 7.29. The zero-order chi connectivity index (χ0) is 19.9. The van der Waals surface area contributed by atoms with Crippen molar-refractivity contribution < 1.29 is 9.59 Å². The van der Waals surface area contributed by atoms with E-state index in [9.17, 15) is 9.59 Å². The minimum absolute atomic E-state index is 0.00680. The first-order chi connectivity index (χ1) is 12.8. The molecule has 0 fully saturated rings. The largest absolute Gasteiger partial charge is 0.356 e. The van der Waals surface area contributed by atoms with E-state index in [1.807, 2.05) is 19.2 Å².